The van der Waals surface area contributed by atoms with E-state index in [0.29, 0.717) is 16.9 Å². The summed E-state index contributed by atoms with van der Waals surface area (Å²) in [6.07, 6.45) is 6.77. The van der Waals surface area contributed by atoms with Crippen molar-refractivity contribution < 1.29 is 14.0 Å². The normalized spacial score (nSPS) is 17.4. The van der Waals surface area contributed by atoms with E-state index in [1.165, 1.54) is 17.8 Å². The Balaban J connectivity index is 1.93. The van der Waals surface area contributed by atoms with E-state index in [4.69, 9.17) is 0 Å². The van der Waals surface area contributed by atoms with Crippen molar-refractivity contribution in [3.8, 4) is 0 Å². The Labute approximate surface area is 181 Å². The van der Waals surface area contributed by atoms with Crippen molar-refractivity contribution in [1.82, 2.24) is 0 Å². The number of aldehydes is 1. The largest absolute Gasteiger partial charge is 0.302 e. The molecule has 0 radical (unpaired) electrons. The highest BCUT2D eigenvalue weighted by molar-refractivity contribution is 8.04. The number of para-hydroxylation sites is 1. The lowest BCUT2D eigenvalue weighted by Crippen LogP contribution is -2.34. The molecule has 154 valence electrons. The van der Waals surface area contributed by atoms with E-state index in [-0.39, 0.29) is 18.3 Å². The zero-order valence-corrected chi connectivity index (χ0v) is 17.9. The number of carbonyl (C=O) groups excluding carboxylic acids is 2. The van der Waals surface area contributed by atoms with Gasteiger partial charge < -0.3 is 9.69 Å². The monoisotopic (exact) mass is 421 g/mol. The first-order valence-corrected chi connectivity index (χ1v) is 10.5. The molecule has 5 heteroatoms. The number of anilines is 1. The Morgan fingerprint density at radius 1 is 1.20 bits per heavy atom. The number of amides is 1. The number of allylic oxidation sites excluding steroid dienone is 4. The average molecular weight is 422 g/mol. The van der Waals surface area contributed by atoms with Crippen molar-refractivity contribution in [2.24, 2.45) is 5.41 Å². The summed E-state index contributed by atoms with van der Waals surface area (Å²) in [7, 11) is 0. The second-order valence-corrected chi connectivity index (χ2v) is 8.62. The number of halogens is 1. The van der Waals surface area contributed by atoms with Gasteiger partial charge in [0.2, 0.25) is 0 Å². The smallest absolute Gasteiger partial charge is 0.265 e. The molecule has 2 aromatic carbocycles. The van der Waals surface area contributed by atoms with Gasteiger partial charge in [0.1, 0.15) is 12.1 Å². The first-order valence-electron chi connectivity index (χ1n) is 9.67. The van der Waals surface area contributed by atoms with E-state index in [0.717, 1.165) is 22.4 Å². The predicted octanol–water partition coefficient (Wildman–Crippen LogP) is 6.08. The molecule has 0 spiro atoms. The maximum Gasteiger partial charge on any atom is 0.265 e. The quantitative estimate of drug-likeness (QED) is 0.309. The zero-order valence-electron chi connectivity index (χ0n) is 17.1. The third-order valence-corrected chi connectivity index (χ3v) is 6.15. The van der Waals surface area contributed by atoms with Crippen molar-refractivity contribution in [3.63, 3.8) is 0 Å². The summed E-state index contributed by atoms with van der Waals surface area (Å²) in [6, 6.07) is 14.1. The molecule has 0 saturated carbocycles. The molecule has 2 aromatic rings. The highest BCUT2D eigenvalue weighted by Crippen LogP contribution is 2.42. The van der Waals surface area contributed by atoms with Crippen molar-refractivity contribution in [1.29, 1.82) is 0 Å². The Morgan fingerprint density at radius 2 is 1.90 bits per heavy atom. The average Bonchev–Trinajstić information content (AvgIpc) is 2.76. The number of benzene rings is 2. The van der Waals surface area contributed by atoms with Crippen LogP contribution in [-0.4, -0.2) is 12.2 Å². The zero-order chi connectivity index (χ0) is 21.7. The molecule has 0 saturated heterocycles. The van der Waals surface area contributed by atoms with Crippen LogP contribution in [0, 0.1) is 11.2 Å². The van der Waals surface area contributed by atoms with Crippen LogP contribution in [0.5, 0.6) is 0 Å². The van der Waals surface area contributed by atoms with Crippen LogP contribution >= 0.6 is 11.8 Å². The van der Waals surface area contributed by atoms with Crippen LogP contribution in [0.1, 0.15) is 25.8 Å². The van der Waals surface area contributed by atoms with E-state index < -0.39 is 5.41 Å². The second kappa shape index (κ2) is 9.26. The summed E-state index contributed by atoms with van der Waals surface area (Å²) in [5, 5.41) is 0. The lowest BCUT2D eigenvalue weighted by Gasteiger charge is -2.30. The molecule has 30 heavy (non-hydrogen) atoms. The summed E-state index contributed by atoms with van der Waals surface area (Å²) < 4.78 is 14.2. The van der Waals surface area contributed by atoms with Gasteiger partial charge in [-0.15, -0.1) is 6.58 Å². The van der Waals surface area contributed by atoms with E-state index in [2.05, 4.69) is 6.58 Å². The molecule has 1 aliphatic heterocycles. The van der Waals surface area contributed by atoms with Gasteiger partial charge in [0.15, 0.2) is 0 Å². The minimum Gasteiger partial charge on any atom is -0.302 e. The van der Waals surface area contributed by atoms with Gasteiger partial charge in [-0.3, -0.25) is 4.79 Å². The van der Waals surface area contributed by atoms with Crippen molar-refractivity contribution in [3.05, 3.63) is 95.2 Å². The van der Waals surface area contributed by atoms with Gasteiger partial charge in [0.05, 0.1) is 17.1 Å². The molecule has 0 aromatic heterocycles. The number of nitrogens with zero attached hydrogens (tertiary/aromatic N) is 1. The maximum absolute atomic E-state index is 14.2. The van der Waals surface area contributed by atoms with Crippen LogP contribution in [-0.2, 0) is 16.1 Å². The van der Waals surface area contributed by atoms with Crippen LogP contribution < -0.4 is 4.90 Å². The fourth-order valence-electron chi connectivity index (χ4n) is 3.04. The standard InChI is InChI=1S/C25H24FNO2S/c1-4-25(3,17-28)14-13-18(2)15-23-24(29)27(16-19-9-5-6-10-20(19)26)21-11-7-8-12-22(21)30-23/h4-13,15,17H,1,14,16H2,2-3H3/b18-13+,23-15-. The second-order valence-electron chi connectivity index (χ2n) is 7.54. The third kappa shape index (κ3) is 4.79. The molecule has 3 rings (SSSR count). The SMILES string of the molecule is C=CC(C)(C=O)C/C=C(C)/C=C1\Sc2ccccc2N(Cc2ccccc2F)C1=O. The van der Waals surface area contributed by atoms with Gasteiger partial charge in [-0.2, -0.15) is 0 Å². The van der Waals surface area contributed by atoms with Crippen LogP contribution in [0.15, 0.2) is 88.7 Å². The van der Waals surface area contributed by atoms with E-state index in [1.807, 2.05) is 50.3 Å². The topological polar surface area (TPSA) is 37.4 Å². The lowest BCUT2D eigenvalue weighted by atomic mass is 9.88. The Bertz CT molecular complexity index is 1030. The number of carbonyl (C=O) groups is 2. The summed E-state index contributed by atoms with van der Waals surface area (Å²) >= 11 is 1.40. The Hall–Kier alpha value is -2.92. The fourth-order valence-corrected chi connectivity index (χ4v) is 4.15. The summed E-state index contributed by atoms with van der Waals surface area (Å²) in [5.41, 5.74) is 1.49. The molecular weight excluding hydrogens is 397 g/mol. The molecule has 0 N–H and O–H groups in total. The number of hydrogen-bond acceptors (Lipinski definition) is 3. The molecule has 0 bridgehead atoms. The van der Waals surface area contributed by atoms with Gasteiger partial charge in [0.25, 0.3) is 5.91 Å². The van der Waals surface area contributed by atoms with E-state index in [1.54, 1.807) is 29.2 Å². The van der Waals surface area contributed by atoms with Crippen molar-refractivity contribution in [2.45, 2.75) is 31.7 Å². The van der Waals surface area contributed by atoms with Crippen LogP contribution in [0.2, 0.25) is 0 Å². The van der Waals surface area contributed by atoms with Gasteiger partial charge in [-0.05, 0) is 44.5 Å². The van der Waals surface area contributed by atoms with E-state index >= 15 is 0 Å². The summed E-state index contributed by atoms with van der Waals surface area (Å²) in [5.74, 6) is -0.503. The lowest BCUT2D eigenvalue weighted by molar-refractivity contribution is -0.115. The Morgan fingerprint density at radius 3 is 2.60 bits per heavy atom. The number of hydrogen-bond donors (Lipinski definition) is 0. The minimum absolute atomic E-state index is 0.156. The number of thioether (sulfide) groups is 1. The molecule has 1 heterocycles. The predicted molar refractivity (Wildman–Crippen MR) is 121 cm³/mol. The van der Waals surface area contributed by atoms with E-state index in [9.17, 15) is 14.0 Å². The first kappa shape index (κ1) is 21.8. The third-order valence-electron chi connectivity index (χ3n) is 5.08. The van der Waals surface area contributed by atoms with Crippen molar-refractivity contribution in [2.75, 3.05) is 4.90 Å². The number of rotatable bonds is 7. The molecule has 1 amide bonds. The fraction of sp³-hybridized carbons (Fsp3) is 0.200. The highest BCUT2D eigenvalue weighted by Gasteiger charge is 2.29. The molecule has 1 unspecified atom stereocenters. The molecule has 0 fully saturated rings. The van der Waals surface area contributed by atoms with Gasteiger partial charge >= 0.3 is 0 Å². The molecule has 1 aliphatic rings. The van der Waals surface area contributed by atoms with Crippen LogP contribution in [0.25, 0.3) is 0 Å². The van der Waals surface area contributed by atoms with Crippen LogP contribution in [0.3, 0.4) is 0 Å². The minimum atomic E-state index is -0.632. The Kier molecular flexibility index (Phi) is 6.73. The van der Waals surface area contributed by atoms with Gasteiger partial charge in [-0.1, -0.05) is 59.8 Å². The van der Waals surface area contributed by atoms with Crippen LogP contribution in [0.4, 0.5) is 10.1 Å². The molecule has 3 nitrogen and oxygen atoms in total. The molecular formula is C25H24FNO2S. The summed E-state index contributed by atoms with van der Waals surface area (Å²) in [4.78, 5) is 27.7. The maximum atomic E-state index is 14.2. The summed E-state index contributed by atoms with van der Waals surface area (Å²) in [6.45, 7) is 7.59. The highest BCUT2D eigenvalue weighted by atomic mass is 32.2. The van der Waals surface area contributed by atoms with Gasteiger partial charge in [-0.25, -0.2) is 4.39 Å². The van der Waals surface area contributed by atoms with Crippen molar-refractivity contribution >= 4 is 29.6 Å². The molecule has 1 atom stereocenters. The van der Waals surface area contributed by atoms with Gasteiger partial charge in [0, 0.05) is 15.9 Å². The number of fused-ring (bicyclic) bond motifs is 1. The first-order chi connectivity index (χ1) is 14.4. The molecule has 0 aliphatic carbocycles.